The zero-order valence-electron chi connectivity index (χ0n) is 9.65. The number of nitrogens with two attached hydrogens (primary N) is 1. The molecule has 1 aromatic heterocycles. The Kier molecular flexibility index (Phi) is 4.08. The molecule has 7 heteroatoms. The summed E-state index contributed by atoms with van der Waals surface area (Å²) in [7, 11) is 0. The Morgan fingerprint density at radius 3 is 2.68 bits per heavy atom. The molecule has 0 fully saturated rings. The van der Waals surface area contributed by atoms with Gasteiger partial charge in [-0.2, -0.15) is 0 Å². The third-order valence-corrected chi connectivity index (χ3v) is 3.00. The molecule has 0 radical (unpaired) electrons. The van der Waals surface area contributed by atoms with E-state index in [1.165, 1.54) is 30.5 Å². The predicted molar refractivity (Wildman–Crippen MR) is 74.1 cm³/mol. The fraction of sp³-hybridized carbons (Fsp3) is 0. The number of nitrogens with one attached hydrogen (secondary N) is 2. The van der Waals surface area contributed by atoms with Gasteiger partial charge >= 0.3 is 0 Å². The van der Waals surface area contributed by atoms with Gasteiger partial charge in [-0.15, -0.1) is 0 Å². The molecular formula is C12H10BrFN4O. The molecule has 1 amide bonds. The van der Waals surface area contributed by atoms with Crippen molar-refractivity contribution in [2.75, 3.05) is 10.7 Å². The fourth-order valence-corrected chi connectivity index (χ4v) is 1.84. The number of hydrogen-bond donors (Lipinski definition) is 3. The number of anilines is 2. The summed E-state index contributed by atoms with van der Waals surface area (Å²) < 4.78 is 13.4. The molecule has 0 aliphatic heterocycles. The molecule has 0 bridgehead atoms. The Morgan fingerprint density at radius 1 is 1.32 bits per heavy atom. The highest BCUT2D eigenvalue weighted by molar-refractivity contribution is 9.10. The first-order valence-electron chi connectivity index (χ1n) is 5.29. The lowest BCUT2D eigenvalue weighted by atomic mass is 10.3. The molecule has 2 rings (SSSR count). The van der Waals surface area contributed by atoms with Crippen molar-refractivity contribution < 1.29 is 9.18 Å². The maximum absolute atomic E-state index is 12.9. The van der Waals surface area contributed by atoms with Gasteiger partial charge in [0.15, 0.2) is 0 Å². The molecule has 4 N–H and O–H groups in total. The summed E-state index contributed by atoms with van der Waals surface area (Å²) >= 11 is 3.17. The molecule has 0 saturated heterocycles. The number of amides is 1. The number of pyridine rings is 1. The Balaban J connectivity index is 2.15. The van der Waals surface area contributed by atoms with Crippen LogP contribution < -0.4 is 16.6 Å². The number of benzene rings is 1. The van der Waals surface area contributed by atoms with Crippen LogP contribution in [0.3, 0.4) is 0 Å². The topological polar surface area (TPSA) is 80.0 Å². The Bertz CT molecular complexity index is 603. The molecule has 5 nitrogen and oxygen atoms in total. The minimum absolute atomic E-state index is 0.232. The van der Waals surface area contributed by atoms with Gasteiger partial charge in [-0.3, -0.25) is 10.6 Å². The normalized spacial score (nSPS) is 10.1. The van der Waals surface area contributed by atoms with Crippen molar-refractivity contribution in [2.45, 2.75) is 0 Å². The van der Waals surface area contributed by atoms with Crippen LogP contribution >= 0.6 is 15.9 Å². The van der Waals surface area contributed by atoms with E-state index in [0.717, 1.165) is 0 Å². The maximum Gasteiger partial charge on any atom is 0.274 e. The molecule has 19 heavy (non-hydrogen) atoms. The standard InChI is InChI=1S/C12H10BrFN4O/c13-9-5-7(14)1-3-10(9)17-12(19)11-4-2-8(18-15)6-16-11/h1-6,18H,15H2,(H,17,19). The molecule has 1 aromatic carbocycles. The monoisotopic (exact) mass is 324 g/mol. The third kappa shape index (κ3) is 3.27. The van der Waals surface area contributed by atoms with Gasteiger partial charge in [-0.25, -0.2) is 9.37 Å². The highest BCUT2D eigenvalue weighted by atomic mass is 79.9. The summed E-state index contributed by atoms with van der Waals surface area (Å²) in [4.78, 5) is 15.9. The number of rotatable bonds is 3. The van der Waals surface area contributed by atoms with E-state index in [0.29, 0.717) is 15.8 Å². The Labute approximate surface area is 117 Å². The second kappa shape index (κ2) is 5.77. The van der Waals surface area contributed by atoms with Gasteiger partial charge < -0.3 is 10.7 Å². The summed E-state index contributed by atoms with van der Waals surface area (Å²) in [6.07, 6.45) is 1.44. The first-order chi connectivity index (χ1) is 9.10. The quantitative estimate of drug-likeness (QED) is 0.598. The van der Waals surface area contributed by atoms with Gasteiger partial charge in [0.25, 0.3) is 5.91 Å². The van der Waals surface area contributed by atoms with Gasteiger partial charge in [0.2, 0.25) is 0 Å². The minimum atomic E-state index is -0.393. The van der Waals surface area contributed by atoms with E-state index in [1.807, 2.05) is 0 Å². The SMILES string of the molecule is NNc1ccc(C(=O)Nc2ccc(F)cc2Br)nc1. The molecule has 0 unspecified atom stereocenters. The van der Waals surface area contributed by atoms with E-state index in [9.17, 15) is 9.18 Å². The van der Waals surface area contributed by atoms with Crippen molar-refractivity contribution in [1.29, 1.82) is 0 Å². The van der Waals surface area contributed by atoms with E-state index < -0.39 is 5.91 Å². The van der Waals surface area contributed by atoms with Crippen molar-refractivity contribution in [2.24, 2.45) is 5.84 Å². The molecule has 98 valence electrons. The second-order valence-corrected chi connectivity index (χ2v) is 4.51. The van der Waals surface area contributed by atoms with Crippen molar-refractivity contribution in [3.8, 4) is 0 Å². The van der Waals surface area contributed by atoms with E-state index in [1.54, 1.807) is 6.07 Å². The average molecular weight is 325 g/mol. The van der Waals surface area contributed by atoms with Gasteiger partial charge in [-0.1, -0.05) is 0 Å². The number of aromatic nitrogens is 1. The van der Waals surface area contributed by atoms with Gasteiger partial charge in [0.1, 0.15) is 11.5 Å². The van der Waals surface area contributed by atoms with Crippen LogP contribution in [0.25, 0.3) is 0 Å². The number of hydrazine groups is 1. The van der Waals surface area contributed by atoms with Gasteiger partial charge in [-0.05, 0) is 46.3 Å². The zero-order valence-corrected chi connectivity index (χ0v) is 11.2. The predicted octanol–water partition coefficient (Wildman–Crippen LogP) is 2.52. The highest BCUT2D eigenvalue weighted by Gasteiger charge is 2.10. The van der Waals surface area contributed by atoms with Gasteiger partial charge in [0, 0.05) is 4.47 Å². The second-order valence-electron chi connectivity index (χ2n) is 3.65. The summed E-state index contributed by atoms with van der Waals surface area (Å²) in [6.45, 7) is 0. The first kappa shape index (κ1) is 13.4. The van der Waals surface area contributed by atoms with Crippen LogP contribution in [0, 0.1) is 5.82 Å². The van der Waals surface area contributed by atoms with Crippen molar-refractivity contribution in [3.63, 3.8) is 0 Å². The van der Waals surface area contributed by atoms with E-state index >= 15 is 0 Å². The first-order valence-corrected chi connectivity index (χ1v) is 6.08. The van der Waals surface area contributed by atoms with Crippen LogP contribution in [0.1, 0.15) is 10.5 Å². The molecular weight excluding hydrogens is 315 g/mol. The Hall–Kier alpha value is -1.99. The van der Waals surface area contributed by atoms with Crippen molar-refractivity contribution in [3.05, 3.63) is 52.5 Å². The third-order valence-electron chi connectivity index (χ3n) is 2.34. The summed E-state index contributed by atoms with van der Waals surface area (Å²) in [5.74, 6) is 4.42. The smallest absolute Gasteiger partial charge is 0.274 e. The number of halogens is 2. The van der Waals surface area contributed by atoms with E-state index in [-0.39, 0.29) is 11.5 Å². The molecule has 0 atom stereocenters. The largest absolute Gasteiger partial charge is 0.323 e. The van der Waals surface area contributed by atoms with Crippen LogP contribution in [0.4, 0.5) is 15.8 Å². The van der Waals surface area contributed by atoms with Crippen molar-refractivity contribution in [1.82, 2.24) is 4.98 Å². The van der Waals surface area contributed by atoms with Gasteiger partial charge in [0.05, 0.1) is 17.6 Å². The lowest BCUT2D eigenvalue weighted by Crippen LogP contribution is -2.14. The lowest BCUT2D eigenvalue weighted by Gasteiger charge is -2.07. The summed E-state index contributed by atoms with van der Waals surface area (Å²) in [5.41, 5.74) is 3.71. The summed E-state index contributed by atoms with van der Waals surface area (Å²) in [5, 5.41) is 2.62. The minimum Gasteiger partial charge on any atom is -0.323 e. The Morgan fingerprint density at radius 2 is 2.11 bits per heavy atom. The zero-order chi connectivity index (χ0) is 13.8. The number of nitrogens with zero attached hydrogens (tertiary/aromatic N) is 1. The number of carbonyl (C=O) groups excluding carboxylic acids is 1. The summed E-state index contributed by atoms with van der Waals surface area (Å²) in [6, 6.07) is 7.15. The van der Waals surface area contributed by atoms with Crippen LogP contribution in [-0.4, -0.2) is 10.9 Å². The fourth-order valence-electron chi connectivity index (χ4n) is 1.39. The van der Waals surface area contributed by atoms with Crippen LogP contribution in [0.15, 0.2) is 41.0 Å². The van der Waals surface area contributed by atoms with E-state index in [4.69, 9.17) is 5.84 Å². The van der Waals surface area contributed by atoms with E-state index in [2.05, 4.69) is 31.7 Å². The molecule has 1 heterocycles. The maximum atomic E-state index is 12.9. The number of carbonyl (C=O) groups is 1. The van der Waals surface area contributed by atoms with Crippen LogP contribution in [0.5, 0.6) is 0 Å². The average Bonchev–Trinajstić information content (AvgIpc) is 2.42. The van der Waals surface area contributed by atoms with Crippen molar-refractivity contribution >= 4 is 33.2 Å². The van der Waals surface area contributed by atoms with Crippen LogP contribution in [0.2, 0.25) is 0 Å². The molecule has 0 saturated carbocycles. The molecule has 2 aromatic rings. The number of hydrogen-bond acceptors (Lipinski definition) is 4. The molecule has 0 aliphatic carbocycles. The highest BCUT2D eigenvalue weighted by Crippen LogP contribution is 2.23. The molecule has 0 spiro atoms. The number of nitrogen functional groups attached to an aromatic ring is 1. The van der Waals surface area contributed by atoms with Crippen LogP contribution in [-0.2, 0) is 0 Å². The lowest BCUT2D eigenvalue weighted by molar-refractivity contribution is 0.102. The molecule has 0 aliphatic rings.